The number of β-amino-alcohol motifs (C(OH)–C–C–N with tert-alkyl or cyclic N) is 1. The van der Waals surface area contributed by atoms with Crippen molar-refractivity contribution in [2.75, 3.05) is 19.6 Å². The van der Waals surface area contributed by atoms with Crippen molar-refractivity contribution in [2.24, 2.45) is 11.1 Å². The van der Waals surface area contributed by atoms with E-state index in [1.807, 2.05) is 35.0 Å². The van der Waals surface area contributed by atoms with E-state index in [-0.39, 0.29) is 0 Å². The third kappa shape index (κ3) is 3.74. The van der Waals surface area contributed by atoms with Crippen molar-refractivity contribution in [3.8, 4) is 0 Å². The Bertz CT molecular complexity index is 672. The van der Waals surface area contributed by atoms with Gasteiger partial charge in [0.15, 0.2) is 0 Å². The lowest BCUT2D eigenvalue weighted by molar-refractivity contribution is 0.0810. The van der Waals surface area contributed by atoms with Crippen LogP contribution in [0.25, 0.3) is 10.9 Å². The molecule has 1 aromatic heterocycles. The number of oxime groups is 1. The summed E-state index contributed by atoms with van der Waals surface area (Å²) in [6, 6.07) is 7.98. The van der Waals surface area contributed by atoms with Gasteiger partial charge in [0, 0.05) is 35.8 Å². The van der Waals surface area contributed by atoms with Crippen molar-refractivity contribution < 1.29 is 10.3 Å². The summed E-state index contributed by atoms with van der Waals surface area (Å²) in [6.45, 7) is 5.71. The smallest absolute Gasteiger partial charge is 0.0845 e. The number of hydrogen-bond donors (Lipinski definition) is 2. The summed E-state index contributed by atoms with van der Waals surface area (Å²) in [6.07, 6.45) is 5.41. The molecule has 1 saturated heterocycles. The lowest BCUT2D eigenvalue weighted by Gasteiger charge is -2.31. The van der Waals surface area contributed by atoms with Crippen molar-refractivity contribution in [3.05, 3.63) is 36.0 Å². The van der Waals surface area contributed by atoms with Crippen LogP contribution in [0.2, 0.25) is 0 Å². The van der Waals surface area contributed by atoms with Gasteiger partial charge in [0.1, 0.15) is 0 Å². The van der Waals surface area contributed by atoms with Gasteiger partial charge in [-0.15, -0.1) is 0 Å². The molecule has 3 rings (SSSR count). The number of benzene rings is 1. The first kappa shape index (κ1) is 16.0. The number of fused-ring (bicyclic) bond motifs is 1. The van der Waals surface area contributed by atoms with E-state index < -0.39 is 6.10 Å². The van der Waals surface area contributed by atoms with E-state index >= 15 is 0 Å². The van der Waals surface area contributed by atoms with E-state index in [0.29, 0.717) is 13.1 Å². The van der Waals surface area contributed by atoms with Crippen molar-refractivity contribution >= 4 is 17.1 Å². The van der Waals surface area contributed by atoms with Crippen molar-refractivity contribution in [2.45, 2.75) is 32.4 Å². The molecule has 0 aliphatic carbocycles. The molecule has 0 saturated carbocycles. The molecule has 1 atom stereocenters. The van der Waals surface area contributed by atoms with Crippen LogP contribution in [0.5, 0.6) is 0 Å². The third-order valence-corrected chi connectivity index (χ3v) is 4.77. The SMILES string of the molecule is CC1CCN(C[C@H](O)Cn2cc(/C=N/O)c3ccccc32)CC1. The number of piperidine rings is 1. The minimum absolute atomic E-state index is 0.405. The van der Waals surface area contributed by atoms with E-state index in [9.17, 15) is 5.11 Å². The topological polar surface area (TPSA) is 61.0 Å². The van der Waals surface area contributed by atoms with E-state index in [1.165, 1.54) is 19.1 Å². The van der Waals surface area contributed by atoms with Crippen LogP contribution in [0.3, 0.4) is 0 Å². The normalized spacial score (nSPS) is 18.9. The van der Waals surface area contributed by atoms with Crippen LogP contribution in [-0.2, 0) is 6.54 Å². The van der Waals surface area contributed by atoms with Gasteiger partial charge in [-0.05, 0) is 37.9 Å². The van der Waals surface area contributed by atoms with Crippen molar-refractivity contribution in [1.82, 2.24) is 9.47 Å². The van der Waals surface area contributed by atoms with Crippen LogP contribution >= 0.6 is 0 Å². The summed E-state index contributed by atoms with van der Waals surface area (Å²) in [5, 5.41) is 23.5. The molecule has 0 radical (unpaired) electrons. The maximum atomic E-state index is 10.5. The Labute approximate surface area is 136 Å². The minimum Gasteiger partial charge on any atom is -0.411 e. The maximum absolute atomic E-state index is 10.5. The Morgan fingerprint density at radius 3 is 2.74 bits per heavy atom. The largest absolute Gasteiger partial charge is 0.411 e. The Kier molecular flexibility index (Phi) is 4.98. The van der Waals surface area contributed by atoms with Crippen LogP contribution in [0.4, 0.5) is 0 Å². The second-order valence-corrected chi connectivity index (χ2v) is 6.64. The van der Waals surface area contributed by atoms with Crippen LogP contribution in [0.15, 0.2) is 35.6 Å². The molecule has 2 aromatic rings. The second kappa shape index (κ2) is 7.15. The summed E-state index contributed by atoms with van der Waals surface area (Å²) < 4.78 is 2.05. The molecule has 0 spiro atoms. The first-order valence-electron chi connectivity index (χ1n) is 8.33. The highest BCUT2D eigenvalue weighted by atomic mass is 16.4. The van der Waals surface area contributed by atoms with Crippen LogP contribution in [-0.4, -0.2) is 51.7 Å². The van der Waals surface area contributed by atoms with E-state index in [2.05, 4.69) is 17.0 Å². The monoisotopic (exact) mass is 315 g/mol. The zero-order valence-corrected chi connectivity index (χ0v) is 13.6. The quantitative estimate of drug-likeness (QED) is 0.506. The summed E-state index contributed by atoms with van der Waals surface area (Å²) in [7, 11) is 0. The molecule has 0 bridgehead atoms. The summed E-state index contributed by atoms with van der Waals surface area (Å²) in [4.78, 5) is 2.35. The molecule has 2 N–H and O–H groups in total. The molecule has 0 unspecified atom stereocenters. The number of nitrogens with zero attached hydrogens (tertiary/aromatic N) is 3. The predicted molar refractivity (Wildman–Crippen MR) is 92.2 cm³/mol. The van der Waals surface area contributed by atoms with Gasteiger partial charge in [-0.2, -0.15) is 0 Å². The molecule has 0 amide bonds. The molecule has 124 valence electrons. The molecular formula is C18H25N3O2. The standard InChI is InChI=1S/C18H25N3O2/c1-14-6-8-20(9-7-14)12-16(22)13-21-11-15(10-19-23)17-4-2-3-5-18(17)21/h2-5,10-11,14,16,22-23H,6-9,12-13H2,1H3/b19-10+/t16-/m0/s1. The van der Waals surface area contributed by atoms with Crippen molar-refractivity contribution in [3.63, 3.8) is 0 Å². The average Bonchev–Trinajstić information content (AvgIpc) is 2.88. The highest BCUT2D eigenvalue weighted by molar-refractivity contribution is 5.99. The fourth-order valence-electron chi connectivity index (χ4n) is 3.42. The Balaban J connectivity index is 1.71. The van der Waals surface area contributed by atoms with Crippen LogP contribution in [0, 0.1) is 5.92 Å². The average molecular weight is 315 g/mol. The molecule has 5 heteroatoms. The van der Waals surface area contributed by atoms with Gasteiger partial charge in [-0.25, -0.2) is 0 Å². The number of hydrogen-bond acceptors (Lipinski definition) is 4. The highest BCUT2D eigenvalue weighted by Gasteiger charge is 2.19. The van der Waals surface area contributed by atoms with Gasteiger partial charge in [0.05, 0.1) is 12.3 Å². The first-order valence-corrected chi connectivity index (χ1v) is 8.33. The molecule has 2 heterocycles. The summed E-state index contributed by atoms with van der Waals surface area (Å²) in [5.41, 5.74) is 1.91. The molecule has 1 fully saturated rings. The number of para-hydroxylation sites is 1. The Morgan fingerprint density at radius 2 is 2.00 bits per heavy atom. The fourth-order valence-corrected chi connectivity index (χ4v) is 3.42. The van der Waals surface area contributed by atoms with Gasteiger partial charge in [0.2, 0.25) is 0 Å². The van der Waals surface area contributed by atoms with Crippen LogP contribution < -0.4 is 0 Å². The second-order valence-electron chi connectivity index (χ2n) is 6.64. The minimum atomic E-state index is -0.405. The zero-order valence-electron chi connectivity index (χ0n) is 13.6. The van der Waals surface area contributed by atoms with E-state index in [0.717, 1.165) is 35.5 Å². The fraction of sp³-hybridized carbons (Fsp3) is 0.500. The summed E-state index contributed by atoms with van der Waals surface area (Å²) >= 11 is 0. The number of aliphatic hydroxyl groups excluding tert-OH is 1. The molecule has 23 heavy (non-hydrogen) atoms. The zero-order chi connectivity index (χ0) is 16.2. The Hall–Kier alpha value is -1.85. The third-order valence-electron chi connectivity index (χ3n) is 4.77. The van der Waals surface area contributed by atoms with E-state index in [1.54, 1.807) is 0 Å². The predicted octanol–water partition coefficient (Wildman–Crippen LogP) is 2.54. The lowest BCUT2D eigenvalue weighted by Crippen LogP contribution is -2.39. The van der Waals surface area contributed by atoms with Crippen molar-refractivity contribution in [1.29, 1.82) is 0 Å². The van der Waals surface area contributed by atoms with Gasteiger partial charge in [-0.3, -0.25) is 0 Å². The molecule has 1 aromatic carbocycles. The van der Waals surface area contributed by atoms with E-state index in [4.69, 9.17) is 5.21 Å². The summed E-state index contributed by atoms with van der Waals surface area (Å²) in [5.74, 6) is 0.803. The first-order chi connectivity index (χ1) is 11.2. The highest BCUT2D eigenvalue weighted by Crippen LogP contribution is 2.21. The number of rotatable bonds is 5. The lowest BCUT2D eigenvalue weighted by atomic mass is 9.99. The maximum Gasteiger partial charge on any atom is 0.0845 e. The Morgan fingerprint density at radius 1 is 1.26 bits per heavy atom. The molecule has 1 aliphatic heterocycles. The van der Waals surface area contributed by atoms with Gasteiger partial charge >= 0.3 is 0 Å². The molecule has 5 nitrogen and oxygen atoms in total. The number of aliphatic hydroxyl groups is 1. The van der Waals surface area contributed by atoms with Crippen LogP contribution in [0.1, 0.15) is 25.3 Å². The molecular weight excluding hydrogens is 290 g/mol. The number of likely N-dealkylation sites (tertiary alicyclic amines) is 1. The van der Waals surface area contributed by atoms with Gasteiger partial charge < -0.3 is 19.8 Å². The van der Waals surface area contributed by atoms with Gasteiger partial charge in [-0.1, -0.05) is 30.3 Å². The van der Waals surface area contributed by atoms with Gasteiger partial charge in [0.25, 0.3) is 0 Å². The number of aromatic nitrogens is 1. The molecule has 1 aliphatic rings.